The number of benzene rings is 1. The lowest BCUT2D eigenvalue weighted by Gasteiger charge is -2.21. The second-order valence-corrected chi connectivity index (χ2v) is 5.22. The summed E-state index contributed by atoms with van der Waals surface area (Å²) in [7, 11) is 0. The minimum Gasteiger partial charge on any atom is -0.490 e. The smallest absolute Gasteiger partial charge is 0.328 e. The number of carboxylic acid groups (broad SMARTS) is 1. The van der Waals surface area contributed by atoms with Crippen LogP contribution in [-0.4, -0.2) is 35.9 Å². The third kappa shape index (κ3) is 3.77. The summed E-state index contributed by atoms with van der Waals surface area (Å²) in [6, 6.07) is 4.42. The second kappa shape index (κ2) is 5.90. The number of aliphatic carboxylic acids is 1. The van der Waals surface area contributed by atoms with Crippen molar-refractivity contribution in [3.05, 3.63) is 18.2 Å². The van der Waals surface area contributed by atoms with Crippen LogP contribution in [0.2, 0.25) is 0 Å². The van der Waals surface area contributed by atoms with Crippen LogP contribution in [0.5, 0.6) is 11.5 Å². The average Bonchev–Trinajstić information content (AvgIpc) is 2.62. The normalized spacial score (nSPS) is 14.0. The number of anilines is 1. The van der Waals surface area contributed by atoms with Crippen LogP contribution in [0.3, 0.4) is 0 Å². The first-order chi connectivity index (χ1) is 9.88. The van der Waals surface area contributed by atoms with Gasteiger partial charge in [-0.1, -0.05) is 0 Å². The molecular formula is C14H18N2O5. The number of urea groups is 1. The molecule has 0 saturated heterocycles. The minimum atomic E-state index is -1.35. The molecule has 0 atom stereocenters. The van der Waals surface area contributed by atoms with Gasteiger partial charge in [0.25, 0.3) is 0 Å². The molecule has 2 rings (SSSR count). The summed E-state index contributed by atoms with van der Waals surface area (Å²) in [5.41, 5.74) is -0.854. The van der Waals surface area contributed by atoms with E-state index in [0.29, 0.717) is 30.4 Å². The fourth-order valence-electron chi connectivity index (χ4n) is 1.74. The zero-order chi connectivity index (χ0) is 15.5. The molecule has 21 heavy (non-hydrogen) atoms. The van der Waals surface area contributed by atoms with Gasteiger partial charge in [-0.2, -0.15) is 0 Å². The first-order valence-corrected chi connectivity index (χ1v) is 6.61. The number of carbonyl (C=O) groups is 2. The Labute approximate surface area is 122 Å². The Balaban J connectivity index is 2.05. The predicted octanol–water partition coefficient (Wildman–Crippen LogP) is 1.83. The van der Waals surface area contributed by atoms with Gasteiger partial charge >= 0.3 is 12.0 Å². The van der Waals surface area contributed by atoms with Gasteiger partial charge in [-0.3, -0.25) is 0 Å². The van der Waals surface area contributed by atoms with Crippen LogP contribution < -0.4 is 20.1 Å². The average molecular weight is 294 g/mol. The summed E-state index contributed by atoms with van der Waals surface area (Å²) in [6.45, 7) is 3.95. The number of carbonyl (C=O) groups excluding carboxylic acids is 1. The molecule has 114 valence electrons. The monoisotopic (exact) mass is 294 g/mol. The summed E-state index contributed by atoms with van der Waals surface area (Å²) in [5, 5.41) is 13.9. The summed E-state index contributed by atoms with van der Waals surface area (Å²) in [4.78, 5) is 22.8. The molecule has 0 unspecified atom stereocenters. The molecule has 1 heterocycles. The topological polar surface area (TPSA) is 96.9 Å². The Kier molecular flexibility index (Phi) is 4.21. The lowest BCUT2D eigenvalue weighted by molar-refractivity contribution is -0.142. The highest BCUT2D eigenvalue weighted by atomic mass is 16.5. The molecule has 0 saturated carbocycles. The molecule has 0 aliphatic carbocycles. The Hall–Kier alpha value is -2.44. The molecule has 0 bridgehead atoms. The predicted molar refractivity (Wildman–Crippen MR) is 75.9 cm³/mol. The molecule has 1 aromatic carbocycles. The van der Waals surface area contributed by atoms with Crippen LogP contribution in [0.4, 0.5) is 10.5 Å². The maximum absolute atomic E-state index is 11.8. The van der Waals surface area contributed by atoms with Crippen molar-refractivity contribution in [3.63, 3.8) is 0 Å². The molecule has 0 spiro atoms. The molecule has 3 N–H and O–H groups in total. The van der Waals surface area contributed by atoms with Gasteiger partial charge < -0.3 is 25.2 Å². The number of rotatable bonds is 3. The lowest BCUT2D eigenvalue weighted by atomic mass is 10.1. The van der Waals surface area contributed by atoms with Gasteiger partial charge in [0, 0.05) is 18.2 Å². The number of hydrogen-bond donors (Lipinski definition) is 3. The van der Waals surface area contributed by atoms with E-state index in [1.54, 1.807) is 18.2 Å². The second-order valence-electron chi connectivity index (χ2n) is 5.22. The van der Waals surface area contributed by atoms with E-state index in [1.165, 1.54) is 13.8 Å². The van der Waals surface area contributed by atoms with Crippen molar-refractivity contribution in [1.29, 1.82) is 0 Å². The Morgan fingerprint density at radius 2 is 1.86 bits per heavy atom. The standard InChI is InChI=1S/C14H18N2O5/c1-14(2,12(17)18)16-13(19)15-9-4-5-10-11(8-9)21-7-3-6-20-10/h4-5,8H,3,6-7H2,1-2H3,(H,17,18)(H2,15,16,19). The van der Waals surface area contributed by atoms with Crippen molar-refractivity contribution in [2.24, 2.45) is 0 Å². The molecule has 0 radical (unpaired) electrons. The minimum absolute atomic E-state index is 0.498. The molecule has 0 fully saturated rings. The number of amides is 2. The molecule has 1 aliphatic rings. The first-order valence-electron chi connectivity index (χ1n) is 6.61. The van der Waals surface area contributed by atoms with Gasteiger partial charge in [0.05, 0.1) is 13.2 Å². The maximum Gasteiger partial charge on any atom is 0.328 e. The van der Waals surface area contributed by atoms with Gasteiger partial charge in [-0.05, 0) is 26.0 Å². The SMILES string of the molecule is CC(C)(NC(=O)Nc1ccc2c(c1)OCCCO2)C(=O)O. The number of carboxylic acids is 1. The molecule has 7 heteroatoms. The van der Waals surface area contributed by atoms with E-state index in [2.05, 4.69) is 10.6 Å². The number of hydrogen-bond acceptors (Lipinski definition) is 4. The summed E-state index contributed by atoms with van der Waals surface area (Å²) >= 11 is 0. The van der Waals surface area contributed by atoms with Crippen molar-refractivity contribution in [2.75, 3.05) is 18.5 Å². The van der Waals surface area contributed by atoms with Crippen LogP contribution in [-0.2, 0) is 4.79 Å². The molecule has 2 amide bonds. The molecular weight excluding hydrogens is 276 g/mol. The molecule has 7 nitrogen and oxygen atoms in total. The Bertz CT molecular complexity index is 556. The Morgan fingerprint density at radius 3 is 2.52 bits per heavy atom. The largest absolute Gasteiger partial charge is 0.490 e. The third-order valence-electron chi connectivity index (χ3n) is 2.97. The van der Waals surface area contributed by atoms with Crippen LogP contribution in [0.1, 0.15) is 20.3 Å². The van der Waals surface area contributed by atoms with Crippen molar-refractivity contribution < 1.29 is 24.2 Å². The molecule has 0 aromatic heterocycles. The van der Waals surface area contributed by atoms with Crippen molar-refractivity contribution in [3.8, 4) is 11.5 Å². The highest BCUT2D eigenvalue weighted by molar-refractivity contribution is 5.93. The van der Waals surface area contributed by atoms with E-state index in [0.717, 1.165) is 6.42 Å². The van der Waals surface area contributed by atoms with Gasteiger partial charge in [-0.25, -0.2) is 9.59 Å². The first kappa shape index (κ1) is 15.0. The molecule has 1 aliphatic heterocycles. The van der Waals surface area contributed by atoms with Crippen molar-refractivity contribution >= 4 is 17.7 Å². The van der Waals surface area contributed by atoms with E-state index >= 15 is 0 Å². The quantitative estimate of drug-likeness (QED) is 0.790. The van der Waals surface area contributed by atoms with Crippen molar-refractivity contribution in [1.82, 2.24) is 5.32 Å². The summed E-state index contributed by atoms with van der Waals surface area (Å²) < 4.78 is 11.0. The summed E-state index contributed by atoms with van der Waals surface area (Å²) in [6.07, 6.45) is 0.796. The van der Waals surface area contributed by atoms with E-state index in [1.807, 2.05) is 0 Å². The van der Waals surface area contributed by atoms with Crippen LogP contribution in [0, 0.1) is 0 Å². The van der Waals surface area contributed by atoms with Gasteiger partial charge in [0.15, 0.2) is 11.5 Å². The van der Waals surface area contributed by atoms with Gasteiger partial charge in [0.2, 0.25) is 0 Å². The molecule has 1 aromatic rings. The highest BCUT2D eigenvalue weighted by Crippen LogP contribution is 2.32. The number of fused-ring (bicyclic) bond motifs is 1. The zero-order valence-corrected chi connectivity index (χ0v) is 11.9. The fourth-order valence-corrected chi connectivity index (χ4v) is 1.74. The van der Waals surface area contributed by atoms with E-state index in [4.69, 9.17) is 14.6 Å². The lowest BCUT2D eigenvalue weighted by Crippen LogP contribution is -2.51. The maximum atomic E-state index is 11.8. The van der Waals surface area contributed by atoms with Gasteiger partial charge in [-0.15, -0.1) is 0 Å². The number of nitrogens with one attached hydrogen (secondary N) is 2. The zero-order valence-electron chi connectivity index (χ0n) is 11.9. The Morgan fingerprint density at radius 1 is 1.19 bits per heavy atom. The van der Waals surface area contributed by atoms with E-state index in [-0.39, 0.29) is 0 Å². The highest BCUT2D eigenvalue weighted by Gasteiger charge is 2.29. The van der Waals surface area contributed by atoms with E-state index in [9.17, 15) is 9.59 Å². The van der Waals surface area contributed by atoms with Crippen LogP contribution >= 0.6 is 0 Å². The van der Waals surface area contributed by atoms with E-state index < -0.39 is 17.5 Å². The fraction of sp³-hybridized carbons (Fsp3) is 0.429. The van der Waals surface area contributed by atoms with Crippen LogP contribution in [0.15, 0.2) is 18.2 Å². The van der Waals surface area contributed by atoms with Crippen molar-refractivity contribution in [2.45, 2.75) is 25.8 Å². The van der Waals surface area contributed by atoms with Gasteiger partial charge in [0.1, 0.15) is 5.54 Å². The van der Waals surface area contributed by atoms with Crippen LogP contribution in [0.25, 0.3) is 0 Å². The summed E-state index contributed by atoms with van der Waals surface area (Å²) in [5.74, 6) is 0.0726. The third-order valence-corrected chi connectivity index (χ3v) is 2.97. The number of ether oxygens (including phenoxy) is 2.